The van der Waals surface area contributed by atoms with Crippen LogP contribution in [0, 0.1) is 0 Å². The predicted octanol–water partition coefficient (Wildman–Crippen LogP) is 5.11. The van der Waals surface area contributed by atoms with Crippen molar-refractivity contribution in [3.8, 4) is 17.2 Å². The second-order valence-corrected chi connectivity index (χ2v) is 9.90. The highest BCUT2D eigenvalue weighted by molar-refractivity contribution is 7.99. The maximum Gasteiger partial charge on any atom is 0.235 e. The minimum atomic E-state index is -0.203. The Morgan fingerprint density at radius 2 is 1.67 bits per heavy atom. The number of ether oxygens (including phenoxy) is 3. The minimum absolute atomic E-state index is 0.144. The van der Waals surface area contributed by atoms with Gasteiger partial charge in [0.15, 0.2) is 11.5 Å². The predicted molar refractivity (Wildman–Crippen MR) is 146 cm³/mol. The monoisotopic (exact) mass is 506 g/mol. The van der Waals surface area contributed by atoms with Crippen LogP contribution in [-0.4, -0.2) is 64.6 Å². The lowest BCUT2D eigenvalue weighted by Gasteiger charge is -2.28. The second-order valence-electron chi connectivity index (χ2n) is 8.84. The van der Waals surface area contributed by atoms with Crippen LogP contribution in [0.2, 0.25) is 0 Å². The quantitative estimate of drug-likeness (QED) is 0.381. The molecule has 0 saturated carbocycles. The summed E-state index contributed by atoms with van der Waals surface area (Å²) >= 11 is 1.75. The van der Waals surface area contributed by atoms with Crippen LogP contribution >= 0.6 is 11.8 Å². The summed E-state index contributed by atoms with van der Waals surface area (Å²) in [6, 6.07) is 22.1. The van der Waals surface area contributed by atoms with Gasteiger partial charge in [-0.3, -0.25) is 4.79 Å². The maximum atomic E-state index is 13.8. The van der Waals surface area contributed by atoms with Crippen molar-refractivity contribution >= 4 is 23.4 Å². The van der Waals surface area contributed by atoms with Gasteiger partial charge in [-0.2, -0.15) is 0 Å². The van der Waals surface area contributed by atoms with Gasteiger partial charge in [-0.15, -0.1) is 11.8 Å². The number of fused-ring (bicyclic) bond motifs is 1. The van der Waals surface area contributed by atoms with E-state index in [-0.39, 0.29) is 11.8 Å². The van der Waals surface area contributed by atoms with Gasteiger partial charge in [-0.05, 0) is 61.0 Å². The zero-order chi connectivity index (χ0) is 25.5. The van der Waals surface area contributed by atoms with Crippen LogP contribution in [0.4, 0.5) is 5.69 Å². The Kier molecular flexibility index (Phi) is 8.78. The number of thioether (sulfide) groups is 1. The number of methoxy groups -OCH3 is 3. The first-order valence-corrected chi connectivity index (χ1v) is 13.1. The Morgan fingerprint density at radius 1 is 0.917 bits per heavy atom. The summed E-state index contributed by atoms with van der Waals surface area (Å²) in [5.74, 6) is 2.93. The van der Waals surface area contributed by atoms with Crippen molar-refractivity contribution in [3.63, 3.8) is 0 Å². The van der Waals surface area contributed by atoms with Gasteiger partial charge < -0.3 is 24.0 Å². The van der Waals surface area contributed by atoms with Gasteiger partial charge in [0, 0.05) is 30.3 Å². The van der Waals surface area contributed by atoms with Crippen LogP contribution < -0.4 is 19.1 Å². The van der Waals surface area contributed by atoms with Gasteiger partial charge in [0.05, 0.1) is 32.9 Å². The lowest BCUT2D eigenvalue weighted by atomic mass is 9.99. The molecule has 3 aromatic rings. The highest BCUT2D eigenvalue weighted by atomic mass is 32.2. The minimum Gasteiger partial charge on any atom is -0.497 e. The van der Waals surface area contributed by atoms with Crippen molar-refractivity contribution in [1.82, 2.24) is 4.90 Å². The first kappa shape index (κ1) is 25.9. The molecular formula is C29H34N2O4S. The normalized spacial score (nSPS) is 15.4. The summed E-state index contributed by atoms with van der Waals surface area (Å²) in [5, 5.41) is 0. The van der Waals surface area contributed by atoms with Gasteiger partial charge in [0.2, 0.25) is 5.91 Å². The van der Waals surface area contributed by atoms with E-state index in [2.05, 4.69) is 30.1 Å². The summed E-state index contributed by atoms with van der Waals surface area (Å²) in [5.41, 5.74) is 3.20. The van der Waals surface area contributed by atoms with E-state index in [0.29, 0.717) is 12.3 Å². The molecule has 0 radical (unpaired) electrons. The van der Waals surface area contributed by atoms with Gasteiger partial charge in [-0.25, -0.2) is 0 Å². The molecule has 1 unspecified atom stereocenters. The van der Waals surface area contributed by atoms with E-state index in [4.69, 9.17) is 14.2 Å². The fraction of sp³-hybridized carbons (Fsp3) is 0.345. The standard InChI is InChI=1S/C29H34N2O4S/c1-30(16-15-21-9-14-26(34-3)27(19-21)35-4)17-18-31-25-7-5-6-8-28(25)36-20-24(29(31)32)22-10-12-23(33-2)13-11-22/h5-14,19,24H,15-18,20H2,1-4H3. The summed E-state index contributed by atoms with van der Waals surface area (Å²) in [7, 11) is 7.05. The third-order valence-electron chi connectivity index (χ3n) is 6.58. The van der Waals surface area contributed by atoms with Gasteiger partial charge in [0.25, 0.3) is 0 Å². The molecule has 190 valence electrons. The number of likely N-dealkylation sites (N-methyl/N-ethyl adjacent to an activating group) is 1. The number of hydrogen-bond donors (Lipinski definition) is 0. The zero-order valence-corrected chi connectivity index (χ0v) is 22.2. The number of amides is 1. The fourth-order valence-corrected chi connectivity index (χ4v) is 5.58. The van der Waals surface area contributed by atoms with Crippen molar-refractivity contribution in [2.24, 2.45) is 0 Å². The van der Waals surface area contributed by atoms with E-state index in [1.807, 2.05) is 53.4 Å². The Balaban J connectivity index is 1.45. The van der Waals surface area contributed by atoms with Crippen LogP contribution in [0.5, 0.6) is 17.2 Å². The summed E-state index contributed by atoms with van der Waals surface area (Å²) in [6.07, 6.45) is 0.881. The molecule has 0 bridgehead atoms. The van der Waals surface area contributed by atoms with Crippen LogP contribution in [0.3, 0.4) is 0 Å². The first-order valence-electron chi connectivity index (χ1n) is 12.1. The Bertz CT molecular complexity index is 1170. The highest BCUT2D eigenvalue weighted by Crippen LogP contribution is 2.39. The maximum absolute atomic E-state index is 13.8. The number of anilines is 1. The van der Waals surface area contributed by atoms with Crippen LogP contribution in [0.15, 0.2) is 71.6 Å². The second kappa shape index (κ2) is 12.2. The summed E-state index contributed by atoms with van der Waals surface area (Å²) in [6.45, 7) is 2.27. The molecule has 3 aromatic carbocycles. The lowest BCUT2D eigenvalue weighted by molar-refractivity contribution is -0.119. The van der Waals surface area contributed by atoms with E-state index in [1.54, 1.807) is 33.1 Å². The SMILES string of the molecule is COc1ccc(C2CSc3ccccc3N(CCN(C)CCc3ccc(OC)c(OC)c3)C2=O)cc1. The highest BCUT2D eigenvalue weighted by Gasteiger charge is 2.31. The van der Waals surface area contributed by atoms with Crippen molar-refractivity contribution in [3.05, 3.63) is 77.9 Å². The molecule has 1 heterocycles. The van der Waals surface area contributed by atoms with E-state index >= 15 is 0 Å². The number of rotatable bonds is 10. The molecule has 1 aliphatic rings. The van der Waals surface area contributed by atoms with Crippen molar-refractivity contribution < 1.29 is 19.0 Å². The van der Waals surface area contributed by atoms with E-state index in [1.165, 1.54) is 5.56 Å². The summed E-state index contributed by atoms with van der Waals surface area (Å²) < 4.78 is 16.1. The van der Waals surface area contributed by atoms with Crippen LogP contribution in [-0.2, 0) is 11.2 Å². The third-order valence-corrected chi connectivity index (χ3v) is 7.74. The molecule has 6 nitrogen and oxygen atoms in total. The van der Waals surface area contributed by atoms with E-state index in [0.717, 1.165) is 52.9 Å². The van der Waals surface area contributed by atoms with Crippen LogP contribution in [0.1, 0.15) is 17.0 Å². The third kappa shape index (κ3) is 5.97. The Labute approximate surface area is 218 Å². The van der Waals surface area contributed by atoms with Gasteiger partial charge in [-0.1, -0.05) is 30.3 Å². The van der Waals surface area contributed by atoms with E-state index in [9.17, 15) is 4.79 Å². The molecule has 1 aliphatic heterocycles. The number of nitrogens with zero attached hydrogens (tertiary/aromatic N) is 2. The number of carbonyl (C=O) groups excluding carboxylic acids is 1. The van der Waals surface area contributed by atoms with Crippen molar-refractivity contribution in [1.29, 1.82) is 0 Å². The molecule has 7 heteroatoms. The number of benzene rings is 3. The molecule has 0 saturated heterocycles. The molecule has 4 rings (SSSR count). The van der Waals surface area contributed by atoms with Crippen LogP contribution in [0.25, 0.3) is 0 Å². The average molecular weight is 507 g/mol. The zero-order valence-electron chi connectivity index (χ0n) is 21.4. The molecule has 1 amide bonds. The molecule has 0 N–H and O–H groups in total. The largest absolute Gasteiger partial charge is 0.497 e. The lowest BCUT2D eigenvalue weighted by Crippen LogP contribution is -2.40. The number of para-hydroxylation sites is 1. The van der Waals surface area contributed by atoms with Gasteiger partial charge in [0.1, 0.15) is 5.75 Å². The molecule has 0 aromatic heterocycles. The fourth-order valence-electron chi connectivity index (χ4n) is 4.40. The Morgan fingerprint density at radius 3 is 2.39 bits per heavy atom. The first-order chi connectivity index (χ1) is 17.5. The van der Waals surface area contributed by atoms with Crippen molar-refractivity contribution in [2.75, 3.05) is 58.7 Å². The van der Waals surface area contributed by atoms with Gasteiger partial charge >= 0.3 is 0 Å². The summed E-state index contributed by atoms with van der Waals surface area (Å²) in [4.78, 5) is 19.2. The molecule has 36 heavy (non-hydrogen) atoms. The molecule has 0 aliphatic carbocycles. The molecule has 0 fully saturated rings. The Hall–Kier alpha value is -3.16. The molecule has 0 spiro atoms. The number of carbonyl (C=O) groups is 1. The smallest absolute Gasteiger partial charge is 0.235 e. The topological polar surface area (TPSA) is 51.2 Å². The number of hydrogen-bond acceptors (Lipinski definition) is 6. The van der Waals surface area contributed by atoms with E-state index < -0.39 is 0 Å². The average Bonchev–Trinajstić information content (AvgIpc) is 3.06. The molecular weight excluding hydrogens is 472 g/mol. The molecule has 1 atom stereocenters. The van der Waals surface area contributed by atoms with Crippen molar-refractivity contribution in [2.45, 2.75) is 17.2 Å².